The molecule has 17 atom stereocenters. The molecule has 14 nitrogen and oxygen atoms in total. The van der Waals surface area contributed by atoms with E-state index in [1.54, 1.807) is 13.0 Å². The summed E-state index contributed by atoms with van der Waals surface area (Å²) in [6, 6.07) is 0. The van der Waals surface area contributed by atoms with Crippen molar-refractivity contribution in [3.05, 3.63) is 11.6 Å². The molecule has 0 bridgehead atoms. The van der Waals surface area contributed by atoms with Gasteiger partial charge in [-0.2, -0.15) is 0 Å². The van der Waals surface area contributed by atoms with Crippen LogP contribution in [0.3, 0.4) is 0 Å². The van der Waals surface area contributed by atoms with Gasteiger partial charge < -0.3 is 64.2 Å². The van der Waals surface area contributed by atoms with Gasteiger partial charge in [0, 0.05) is 24.3 Å². The Morgan fingerprint density at radius 2 is 1.69 bits per heavy atom. The molecule has 0 spiro atoms. The molecule has 0 radical (unpaired) electrons. The van der Waals surface area contributed by atoms with Crippen molar-refractivity contribution >= 4 is 12.3 Å². The van der Waals surface area contributed by atoms with Gasteiger partial charge in [-0.3, -0.25) is 0 Å². The minimum absolute atomic E-state index is 0.00470. The monoisotopic (exact) mass is 696 g/mol. The number of aldehydes is 1. The van der Waals surface area contributed by atoms with Gasteiger partial charge in [0.25, 0.3) is 0 Å². The first-order valence-corrected chi connectivity index (χ1v) is 17.9. The molecule has 0 aromatic carbocycles. The van der Waals surface area contributed by atoms with Crippen molar-refractivity contribution in [1.29, 1.82) is 0 Å². The standard InChI is InChI=1S/C35H52O14/c1-17-30(49-31-29(42)28(41)27(40)24(14-36)48-31)23(38)12-26(46-17)47-19-3-8-33(16-37)21-4-7-32(2)20(18-11-25(39)45-15-18)6-10-35(32,44)22(21)5-9-34(33,43)13-19/h11,16-17,19-24,26-31,36,38,40-44H,3-10,12-15H2,1-2H3/t17-,19-,20-,21+,22-,23+,24-,26+,27-,28+,29-,30-,31+,32+,33-,34+,35-/m0/s1. The summed E-state index contributed by atoms with van der Waals surface area (Å²) in [6.07, 6.45) is -4.38. The lowest BCUT2D eigenvalue weighted by atomic mass is 9.41. The summed E-state index contributed by atoms with van der Waals surface area (Å²) in [5, 5.41) is 75.9. The number of hydrogen-bond acceptors (Lipinski definition) is 14. The van der Waals surface area contributed by atoms with Gasteiger partial charge in [0.05, 0.1) is 41.5 Å². The molecule has 49 heavy (non-hydrogen) atoms. The van der Waals surface area contributed by atoms with Crippen molar-refractivity contribution in [3.8, 4) is 0 Å². The number of carbonyl (C=O) groups excluding carboxylic acids is 2. The molecular weight excluding hydrogens is 644 g/mol. The summed E-state index contributed by atoms with van der Waals surface area (Å²) in [4.78, 5) is 25.0. The second-order valence-corrected chi connectivity index (χ2v) is 16.1. The van der Waals surface area contributed by atoms with E-state index in [-0.39, 0.29) is 43.2 Å². The van der Waals surface area contributed by atoms with E-state index in [9.17, 15) is 45.3 Å². The van der Waals surface area contributed by atoms with E-state index in [1.165, 1.54) is 0 Å². The third kappa shape index (κ3) is 5.47. The van der Waals surface area contributed by atoms with E-state index >= 15 is 0 Å². The van der Waals surface area contributed by atoms with E-state index in [4.69, 9.17) is 23.7 Å². The maximum Gasteiger partial charge on any atom is 0.331 e. The van der Waals surface area contributed by atoms with Crippen LogP contribution in [0.15, 0.2) is 11.6 Å². The predicted octanol–water partition coefficient (Wildman–Crippen LogP) is -0.397. The molecular formula is C35H52O14. The maximum atomic E-state index is 13.2. The predicted molar refractivity (Wildman–Crippen MR) is 166 cm³/mol. The smallest absolute Gasteiger partial charge is 0.331 e. The molecule has 7 rings (SSSR count). The van der Waals surface area contributed by atoms with Crippen molar-refractivity contribution in [2.45, 2.75) is 151 Å². The highest BCUT2D eigenvalue weighted by molar-refractivity contribution is 5.85. The molecule has 6 fully saturated rings. The van der Waals surface area contributed by atoms with Crippen molar-refractivity contribution in [3.63, 3.8) is 0 Å². The van der Waals surface area contributed by atoms with Gasteiger partial charge in [-0.25, -0.2) is 4.79 Å². The van der Waals surface area contributed by atoms with Crippen LogP contribution in [0.1, 0.15) is 78.1 Å². The number of esters is 1. The molecule has 0 unspecified atom stereocenters. The molecule has 14 heteroatoms. The van der Waals surface area contributed by atoms with Crippen molar-refractivity contribution in [1.82, 2.24) is 0 Å². The molecule has 0 aromatic heterocycles. The number of aliphatic hydroxyl groups is 7. The Balaban J connectivity index is 1.00. The van der Waals surface area contributed by atoms with Crippen LogP contribution in [0.25, 0.3) is 0 Å². The third-order valence-electron chi connectivity index (χ3n) is 14.0. The number of carbonyl (C=O) groups is 2. The first-order valence-electron chi connectivity index (χ1n) is 17.9. The fraction of sp³-hybridized carbons (Fsp3) is 0.886. The van der Waals surface area contributed by atoms with Gasteiger partial charge in [0.1, 0.15) is 43.4 Å². The van der Waals surface area contributed by atoms with Crippen LogP contribution in [-0.4, -0.2) is 134 Å². The van der Waals surface area contributed by atoms with E-state index in [2.05, 4.69) is 6.92 Å². The Labute approximate surface area is 285 Å². The van der Waals surface area contributed by atoms with Crippen LogP contribution < -0.4 is 0 Å². The van der Waals surface area contributed by atoms with E-state index in [0.717, 1.165) is 18.3 Å². The average Bonchev–Trinajstić information content (AvgIpc) is 3.61. The van der Waals surface area contributed by atoms with Crippen molar-refractivity contribution in [2.24, 2.45) is 28.6 Å². The number of cyclic esters (lactones) is 1. The molecule has 3 heterocycles. The zero-order chi connectivity index (χ0) is 35.1. The maximum absolute atomic E-state index is 13.2. The summed E-state index contributed by atoms with van der Waals surface area (Å²) in [7, 11) is 0. The molecule has 7 aliphatic rings. The summed E-state index contributed by atoms with van der Waals surface area (Å²) in [5.41, 5.74) is -2.94. The second kappa shape index (κ2) is 12.8. The molecule has 4 aliphatic carbocycles. The number of ether oxygens (including phenoxy) is 5. The van der Waals surface area contributed by atoms with Crippen LogP contribution in [0.2, 0.25) is 0 Å². The highest BCUT2D eigenvalue weighted by Gasteiger charge is 2.71. The van der Waals surface area contributed by atoms with E-state index < -0.39 is 90.1 Å². The Morgan fingerprint density at radius 3 is 2.37 bits per heavy atom. The average molecular weight is 697 g/mol. The largest absolute Gasteiger partial charge is 0.458 e. The first kappa shape index (κ1) is 35.8. The second-order valence-electron chi connectivity index (χ2n) is 16.1. The molecule has 3 aliphatic heterocycles. The summed E-state index contributed by atoms with van der Waals surface area (Å²) >= 11 is 0. The Morgan fingerprint density at radius 1 is 0.939 bits per heavy atom. The fourth-order valence-corrected chi connectivity index (χ4v) is 11.3. The summed E-state index contributed by atoms with van der Waals surface area (Å²) in [6.45, 7) is 3.42. The van der Waals surface area contributed by atoms with Crippen LogP contribution in [0.5, 0.6) is 0 Å². The summed E-state index contributed by atoms with van der Waals surface area (Å²) in [5.74, 6) is -0.688. The van der Waals surface area contributed by atoms with Gasteiger partial charge in [0.15, 0.2) is 12.6 Å². The van der Waals surface area contributed by atoms with Crippen LogP contribution in [0, 0.1) is 28.6 Å². The van der Waals surface area contributed by atoms with Gasteiger partial charge in [-0.15, -0.1) is 0 Å². The molecule has 4 saturated carbocycles. The molecule has 0 aromatic rings. The van der Waals surface area contributed by atoms with Crippen molar-refractivity contribution < 1.29 is 69.0 Å². The number of rotatable bonds is 7. The topological polar surface area (TPSA) is 222 Å². The van der Waals surface area contributed by atoms with Gasteiger partial charge in [-0.1, -0.05) is 6.92 Å². The van der Waals surface area contributed by atoms with Gasteiger partial charge in [0.2, 0.25) is 0 Å². The van der Waals surface area contributed by atoms with Crippen LogP contribution in [0.4, 0.5) is 0 Å². The van der Waals surface area contributed by atoms with Crippen LogP contribution in [-0.2, 0) is 33.3 Å². The highest BCUT2D eigenvalue weighted by Crippen LogP contribution is 2.70. The first-order chi connectivity index (χ1) is 23.2. The minimum Gasteiger partial charge on any atom is -0.458 e. The Kier molecular flexibility index (Phi) is 9.38. The number of aliphatic hydroxyl groups excluding tert-OH is 5. The third-order valence-corrected chi connectivity index (χ3v) is 14.0. The zero-order valence-electron chi connectivity index (χ0n) is 28.1. The van der Waals surface area contributed by atoms with Gasteiger partial charge in [-0.05, 0) is 81.6 Å². The molecule has 276 valence electrons. The molecule has 0 amide bonds. The number of fused-ring (bicyclic) bond motifs is 5. The number of hydrogen-bond donors (Lipinski definition) is 7. The van der Waals surface area contributed by atoms with E-state index in [1.807, 2.05) is 0 Å². The zero-order valence-corrected chi connectivity index (χ0v) is 28.1. The van der Waals surface area contributed by atoms with E-state index in [0.29, 0.717) is 44.9 Å². The fourth-order valence-electron chi connectivity index (χ4n) is 11.3. The molecule has 7 N–H and O–H groups in total. The lowest BCUT2D eigenvalue weighted by molar-refractivity contribution is -0.345. The normalized spacial score (nSPS) is 54.3. The minimum atomic E-state index is -1.62. The summed E-state index contributed by atoms with van der Waals surface area (Å²) < 4.78 is 28.9. The lowest BCUT2D eigenvalue weighted by Gasteiger charge is -2.65. The van der Waals surface area contributed by atoms with Crippen molar-refractivity contribution in [2.75, 3.05) is 13.2 Å². The van der Waals surface area contributed by atoms with Gasteiger partial charge >= 0.3 is 5.97 Å². The SMILES string of the molecule is C[C@@H]1O[C@H](O[C@H]2CC[C@]3(C=O)[C@@H]4CC[C@]5(C)[C@H](C6=CC(=O)OC6)CC[C@]5(O)[C@H]4CC[C@@]3(O)C2)C[C@@H](O)[C@H]1O[C@H]1O[C@@H](CO)[C@H](O)[C@@H](O)[C@@H]1O. The highest BCUT2D eigenvalue weighted by atomic mass is 16.7. The van der Waals surface area contributed by atoms with Crippen LogP contribution >= 0.6 is 0 Å². The molecule has 2 saturated heterocycles. The Hall–Kier alpha value is -1.56. The quantitative estimate of drug-likeness (QED) is 0.102. The Bertz CT molecular complexity index is 1300. The lowest BCUT2D eigenvalue weighted by Crippen LogP contribution is -2.69.